The van der Waals surface area contributed by atoms with Crippen LogP contribution in [0.5, 0.6) is 5.75 Å². The molecule has 26 heavy (non-hydrogen) atoms. The van der Waals surface area contributed by atoms with Gasteiger partial charge in [-0.05, 0) is 55.0 Å². The molecule has 138 valence electrons. The highest BCUT2D eigenvalue weighted by molar-refractivity contribution is 5.99. The lowest BCUT2D eigenvalue weighted by Crippen LogP contribution is -2.35. The van der Waals surface area contributed by atoms with Gasteiger partial charge in [-0.3, -0.25) is 10.3 Å². The van der Waals surface area contributed by atoms with Crippen LogP contribution in [-0.4, -0.2) is 44.0 Å². The van der Waals surface area contributed by atoms with Gasteiger partial charge in [0.15, 0.2) is 0 Å². The summed E-state index contributed by atoms with van der Waals surface area (Å²) in [5, 5.41) is 4.41. The van der Waals surface area contributed by atoms with E-state index in [2.05, 4.69) is 21.5 Å². The maximum atomic E-state index is 13.0. The van der Waals surface area contributed by atoms with Crippen LogP contribution >= 0.6 is 0 Å². The zero-order valence-corrected chi connectivity index (χ0v) is 15.2. The number of nitrogens with one attached hydrogen (secondary N) is 1. The number of ether oxygens (including phenoxy) is 2. The molecular formula is C20H24FN3O2. The molecule has 2 aromatic carbocycles. The van der Waals surface area contributed by atoms with E-state index in [1.165, 1.54) is 12.1 Å². The monoisotopic (exact) mass is 357 g/mol. The Morgan fingerprint density at radius 1 is 1.19 bits per heavy atom. The van der Waals surface area contributed by atoms with E-state index in [0.29, 0.717) is 0 Å². The molecule has 2 aromatic rings. The Balaban J connectivity index is 1.74. The Hall–Kier alpha value is -2.44. The van der Waals surface area contributed by atoms with Crippen LogP contribution in [0.2, 0.25) is 0 Å². The van der Waals surface area contributed by atoms with Crippen molar-refractivity contribution in [3.05, 3.63) is 59.4 Å². The highest BCUT2D eigenvalue weighted by Gasteiger charge is 2.14. The third-order valence-electron chi connectivity index (χ3n) is 4.39. The number of rotatable bonds is 6. The third kappa shape index (κ3) is 4.80. The van der Waals surface area contributed by atoms with Crippen LogP contribution in [0.4, 0.5) is 10.1 Å². The first-order valence-corrected chi connectivity index (χ1v) is 8.69. The van der Waals surface area contributed by atoms with Gasteiger partial charge < -0.3 is 9.47 Å². The summed E-state index contributed by atoms with van der Waals surface area (Å²) in [6.07, 6.45) is 0. The first kappa shape index (κ1) is 18.4. The maximum Gasteiger partial charge on any atom is 0.123 e. The van der Waals surface area contributed by atoms with Crippen molar-refractivity contribution in [3.63, 3.8) is 0 Å². The fourth-order valence-electron chi connectivity index (χ4n) is 2.86. The van der Waals surface area contributed by atoms with Gasteiger partial charge in [0.1, 0.15) is 11.6 Å². The van der Waals surface area contributed by atoms with Gasteiger partial charge in [-0.2, -0.15) is 5.10 Å². The van der Waals surface area contributed by atoms with Gasteiger partial charge in [-0.15, -0.1) is 0 Å². The Bertz CT molecular complexity index is 756. The highest BCUT2D eigenvalue weighted by atomic mass is 19.1. The lowest BCUT2D eigenvalue weighted by molar-refractivity contribution is 0.0339. The summed E-state index contributed by atoms with van der Waals surface area (Å²) in [5.41, 5.74) is 6.70. The van der Waals surface area contributed by atoms with Crippen LogP contribution in [0.1, 0.15) is 18.1 Å². The minimum absolute atomic E-state index is 0.265. The minimum Gasteiger partial charge on any atom is -0.496 e. The molecule has 0 saturated carbocycles. The van der Waals surface area contributed by atoms with E-state index in [0.717, 1.165) is 61.1 Å². The molecule has 3 rings (SSSR count). The molecule has 1 N–H and O–H groups in total. The Morgan fingerprint density at radius 2 is 1.92 bits per heavy atom. The first-order chi connectivity index (χ1) is 12.7. The van der Waals surface area contributed by atoms with E-state index in [-0.39, 0.29) is 5.82 Å². The Kier molecular flexibility index (Phi) is 6.20. The number of methoxy groups -OCH3 is 1. The molecule has 0 atom stereocenters. The molecule has 0 bridgehead atoms. The SMILES string of the molecule is COc1ccc(/C(C)=N\Nc2ccc(F)cc2)cc1CN1CCOCC1. The average Bonchev–Trinajstić information content (AvgIpc) is 2.68. The highest BCUT2D eigenvalue weighted by Crippen LogP contribution is 2.23. The van der Waals surface area contributed by atoms with Crippen LogP contribution in [0.15, 0.2) is 47.6 Å². The van der Waals surface area contributed by atoms with Crippen molar-refractivity contribution >= 4 is 11.4 Å². The summed E-state index contributed by atoms with van der Waals surface area (Å²) in [6.45, 7) is 6.14. The molecule has 0 amide bonds. The van der Waals surface area contributed by atoms with Gasteiger partial charge >= 0.3 is 0 Å². The van der Waals surface area contributed by atoms with E-state index >= 15 is 0 Å². The number of morpholine rings is 1. The summed E-state index contributed by atoms with van der Waals surface area (Å²) in [4.78, 5) is 2.36. The second-order valence-electron chi connectivity index (χ2n) is 6.23. The average molecular weight is 357 g/mol. The normalized spacial score (nSPS) is 15.7. The van der Waals surface area contributed by atoms with Gasteiger partial charge in [-0.1, -0.05) is 0 Å². The lowest BCUT2D eigenvalue weighted by atomic mass is 10.1. The second kappa shape index (κ2) is 8.78. The molecule has 5 nitrogen and oxygen atoms in total. The van der Waals surface area contributed by atoms with Gasteiger partial charge in [-0.25, -0.2) is 4.39 Å². The minimum atomic E-state index is -0.265. The number of nitrogens with zero attached hydrogens (tertiary/aromatic N) is 2. The summed E-state index contributed by atoms with van der Waals surface area (Å²) in [6, 6.07) is 12.2. The molecular weight excluding hydrogens is 333 g/mol. The van der Waals surface area contributed by atoms with Gasteiger partial charge in [0.25, 0.3) is 0 Å². The second-order valence-corrected chi connectivity index (χ2v) is 6.23. The van der Waals surface area contributed by atoms with Crippen LogP contribution in [-0.2, 0) is 11.3 Å². The van der Waals surface area contributed by atoms with Crippen molar-refractivity contribution < 1.29 is 13.9 Å². The van der Waals surface area contributed by atoms with Gasteiger partial charge in [0.05, 0.1) is 31.7 Å². The van der Waals surface area contributed by atoms with E-state index in [9.17, 15) is 4.39 Å². The van der Waals surface area contributed by atoms with Crippen molar-refractivity contribution in [1.29, 1.82) is 0 Å². The molecule has 1 saturated heterocycles. The Labute approximate surface area is 153 Å². The van der Waals surface area contributed by atoms with Crippen LogP contribution in [0.3, 0.4) is 0 Å². The van der Waals surface area contributed by atoms with Gasteiger partial charge in [0.2, 0.25) is 0 Å². The van der Waals surface area contributed by atoms with Gasteiger partial charge in [0, 0.05) is 25.2 Å². The fourth-order valence-corrected chi connectivity index (χ4v) is 2.86. The van der Waals surface area contributed by atoms with Crippen molar-refractivity contribution in [1.82, 2.24) is 4.90 Å². The predicted octanol–water partition coefficient (Wildman–Crippen LogP) is 3.50. The molecule has 1 aliphatic heterocycles. The van der Waals surface area contributed by atoms with Crippen molar-refractivity contribution in [2.45, 2.75) is 13.5 Å². The maximum absolute atomic E-state index is 13.0. The van der Waals surface area contributed by atoms with Crippen molar-refractivity contribution in [2.24, 2.45) is 5.10 Å². The summed E-state index contributed by atoms with van der Waals surface area (Å²) in [5.74, 6) is 0.610. The molecule has 0 spiro atoms. The molecule has 0 radical (unpaired) electrons. The number of anilines is 1. The zero-order chi connectivity index (χ0) is 18.4. The summed E-state index contributed by atoms with van der Waals surface area (Å²) < 4.78 is 23.9. The van der Waals surface area contributed by atoms with Crippen LogP contribution in [0.25, 0.3) is 0 Å². The van der Waals surface area contributed by atoms with Crippen molar-refractivity contribution in [2.75, 3.05) is 38.8 Å². The summed E-state index contributed by atoms with van der Waals surface area (Å²) >= 11 is 0. The number of halogens is 1. The first-order valence-electron chi connectivity index (χ1n) is 8.69. The molecule has 1 aliphatic rings. The van der Waals surface area contributed by atoms with E-state index in [4.69, 9.17) is 9.47 Å². The quantitative estimate of drug-likeness (QED) is 0.635. The van der Waals surface area contributed by atoms with Crippen LogP contribution in [0, 0.1) is 5.82 Å². The lowest BCUT2D eigenvalue weighted by Gasteiger charge is -2.27. The smallest absolute Gasteiger partial charge is 0.123 e. The molecule has 1 heterocycles. The standard InChI is InChI=1S/C20H24FN3O2/c1-15(22-23-19-6-4-18(21)5-7-19)16-3-8-20(25-2)17(13-16)14-24-9-11-26-12-10-24/h3-8,13,23H,9-12,14H2,1-2H3/b22-15-. The fraction of sp³-hybridized carbons (Fsp3) is 0.350. The van der Waals surface area contributed by atoms with E-state index in [1.54, 1.807) is 19.2 Å². The predicted molar refractivity (Wildman–Crippen MR) is 101 cm³/mol. The largest absolute Gasteiger partial charge is 0.496 e. The van der Waals surface area contributed by atoms with E-state index in [1.807, 2.05) is 19.1 Å². The topological polar surface area (TPSA) is 46.1 Å². The van der Waals surface area contributed by atoms with E-state index < -0.39 is 0 Å². The molecule has 0 aromatic heterocycles. The Morgan fingerprint density at radius 3 is 2.62 bits per heavy atom. The molecule has 1 fully saturated rings. The van der Waals surface area contributed by atoms with Crippen LogP contribution < -0.4 is 10.2 Å². The molecule has 0 aliphatic carbocycles. The summed E-state index contributed by atoms with van der Waals surface area (Å²) in [7, 11) is 1.69. The number of benzene rings is 2. The number of hydrogen-bond donors (Lipinski definition) is 1. The molecule has 6 heteroatoms. The van der Waals surface area contributed by atoms with Crippen molar-refractivity contribution in [3.8, 4) is 5.75 Å². The zero-order valence-electron chi connectivity index (χ0n) is 15.2. The third-order valence-corrected chi connectivity index (χ3v) is 4.39. The molecule has 0 unspecified atom stereocenters. The number of hydrogen-bond acceptors (Lipinski definition) is 5. The number of hydrazone groups is 1.